The summed E-state index contributed by atoms with van der Waals surface area (Å²) >= 11 is 0. The number of hydrogen-bond donors (Lipinski definition) is 0. The molecule has 0 aromatic carbocycles. The molecule has 2 aliphatic carbocycles. The van der Waals surface area contributed by atoms with Crippen LogP contribution in [0.15, 0.2) is 11.1 Å². The van der Waals surface area contributed by atoms with Crippen molar-refractivity contribution in [2.75, 3.05) is 6.61 Å². The average Bonchev–Trinajstić information content (AvgIpc) is 2.46. The summed E-state index contributed by atoms with van der Waals surface area (Å²) in [6.07, 6.45) is 8.49. The third kappa shape index (κ3) is 2.46. The minimum Gasteiger partial charge on any atom is -0.353 e. The van der Waals surface area contributed by atoms with Crippen LogP contribution in [-0.2, 0) is 14.3 Å². The van der Waals surface area contributed by atoms with Crippen LogP contribution in [0.5, 0.6) is 0 Å². The molecular formula is C17H26O3. The first kappa shape index (κ1) is 14.3. The third-order valence-corrected chi connectivity index (χ3v) is 5.49. The number of ether oxygens (including phenoxy) is 2. The van der Waals surface area contributed by atoms with E-state index < -0.39 is 0 Å². The van der Waals surface area contributed by atoms with Crippen molar-refractivity contribution >= 4 is 5.78 Å². The maximum atomic E-state index is 12.0. The molecule has 20 heavy (non-hydrogen) atoms. The molecule has 0 amide bonds. The Bertz CT molecular complexity index is 420. The van der Waals surface area contributed by atoms with Crippen LogP contribution in [0.4, 0.5) is 0 Å². The van der Waals surface area contributed by atoms with Crippen molar-refractivity contribution in [1.29, 1.82) is 0 Å². The Hall–Kier alpha value is -0.670. The first-order valence-corrected chi connectivity index (χ1v) is 8.12. The standard InChI is InChI=1S/C17H26O3/c1-12-13-6-5-7-15(17(13,2)10-9-14(12)18)20-16-8-3-4-11-19-16/h15-16H,3-11H2,1-2H3/t15?,16?,17-/m1/s1. The van der Waals surface area contributed by atoms with Gasteiger partial charge in [0.05, 0.1) is 6.10 Å². The molecule has 3 rings (SSSR count). The zero-order valence-electron chi connectivity index (χ0n) is 12.7. The number of rotatable bonds is 2. The van der Waals surface area contributed by atoms with Gasteiger partial charge in [0.15, 0.2) is 12.1 Å². The van der Waals surface area contributed by atoms with Gasteiger partial charge in [-0.05, 0) is 57.4 Å². The van der Waals surface area contributed by atoms with Crippen LogP contribution < -0.4 is 0 Å². The topological polar surface area (TPSA) is 35.5 Å². The first-order chi connectivity index (χ1) is 9.61. The number of fused-ring (bicyclic) bond motifs is 1. The highest BCUT2D eigenvalue weighted by atomic mass is 16.7. The number of hydrogen-bond acceptors (Lipinski definition) is 3. The van der Waals surface area contributed by atoms with Crippen molar-refractivity contribution in [2.45, 2.75) is 77.6 Å². The summed E-state index contributed by atoms with van der Waals surface area (Å²) in [7, 11) is 0. The van der Waals surface area contributed by atoms with Gasteiger partial charge in [0.1, 0.15) is 0 Å². The lowest BCUT2D eigenvalue weighted by molar-refractivity contribution is -0.212. The molecule has 1 heterocycles. The zero-order valence-corrected chi connectivity index (χ0v) is 12.7. The minimum atomic E-state index is -0.0251. The predicted octanol–water partition coefficient (Wildman–Crippen LogP) is 3.77. The highest BCUT2D eigenvalue weighted by molar-refractivity contribution is 5.96. The van der Waals surface area contributed by atoms with Crippen LogP contribution in [0.1, 0.15) is 65.2 Å². The third-order valence-electron chi connectivity index (χ3n) is 5.49. The van der Waals surface area contributed by atoms with E-state index in [1.165, 1.54) is 12.0 Å². The Morgan fingerprint density at radius 1 is 1.20 bits per heavy atom. The molecule has 1 saturated carbocycles. The van der Waals surface area contributed by atoms with Crippen LogP contribution in [0.3, 0.4) is 0 Å². The summed E-state index contributed by atoms with van der Waals surface area (Å²) in [5, 5.41) is 0. The largest absolute Gasteiger partial charge is 0.353 e. The first-order valence-electron chi connectivity index (χ1n) is 8.12. The summed E-state index contributed by atoms with van der Waals surface area (Å²) < 4.78 is 12.1. The zero-order chi connectivity index (χ0) is 14.2. The summed E-state index contributed by atoms with van der Waals surface area (Å²) in [5.41, 5.74) is 2.43. The van der Waals surface area contributed by atoms with Crippen molar-refractivity contribution in [3.05, 3.63) is 11.1 Å². The van der Waals surface area contributed by atoms with Gasteiger partial charge in [-0.25, -0.2) is 0 Å². The fourth-order valence-electron chi connectivity index (χ4n) is 4.14. The fourth-order valence-corrected chi connectivity index (χ4v) is 4.14. The van der Waals surface area contributed by atoms with Gasteiger partial charge in [-0.15, -0.1) is 0 Å². The summed E-state index contributed by atoms with van der Waals surface area (Å²) in [4.78, 5) is 12.0. The monoisotopic (exact) mass is 278 g/mol. The Morgan fingerprint density at radius 2 is 2.05 bits per heavy atom. The van der Waals surface area contributed by atoms with E-state index in [-0.39, 0.29) is 17.8 Å². The van der Waals surface area contributed by atoms with Crippen LogP contribution in [0, 0.1) is 5.41 Å². The molecule has 0 bridgehead atoms. The van der Waals surface area contributed by atoms with Gasteiger partial charge >= 0.3 is 0 Å². The van der Waals surface area contributed by atoms with Crippen molar-refractivity contribution in [2.24, 2.45) is 5.41 Å². The number of carbonyl (C=O) groups excluding carboxylic acids is 1. The lowest BCUT2D eigenvalue weighted by atomic mass is 9.62. The molecule has 2 fully saturated rings. The summed E-state index contributed by atoms with van der Waals surface area (Å²) in [5.74, 6) is 0.340. The lowest BCUT2D eigenvalue weighted by Crippen LogP contribution is -2.45. The predicted molar refractivity (Wildman–Crippen MR) is 77.4 cm³/mol. The average molecular weight is 278 g/mol. The van der Waals surface area contributed by atoms with Crippen molar-refractivity contribution in [1.82, 2.24) is 0 Å². The number of Topliss-reactive ketones (excluding diaryl/α,β-unsaturated/α-hetero) is 1. The number of allylic oxidation sites excluding steroid dienone is 1. The van der Waals surface area contributed by atoms with Crippen molar-refractivity contribution in [3.63, 3.8) is 0 Å². The second-order valence-electron chi connectivity index (χ2n) is 6.76. The molecule has 3 nitrogen and oxygen atoms in total. The van der Waals surface area contributed by atoms with E-state index in [1.54, 1.807) is 0 Å². The molecular weight excluding hydrogens is 252 g/mol. The Kier molecular flexibility index (Phi) is 4.00. The van der Waals surface area contributed by atoms with Gasteiger partial charge in [-0.2, -0.15) is 0 Å². The van der Waals surface area contributed by atoms with E-state index in [4.69, 9.17) is 9.47 Å². The molecule has 2 unspecified atom stereocenters. The van der Waals surface area contributed by atoms with Gasteiger partial charge in [-0.1, -0.05) is 12.5 Å². The highest BCUT2D eigenvalue weighted by Gasteiger charge is 2.45. The second kappa shape index (κ2) is 5.61. The van der Waals surface area contributed by atoms with Gasteiger partial charge in [0, 0.05) is 18.4 Å². The van der Waals surface area contributed by atoms with E-state index in [0.717, 1.165) is 50.7 Å². The van der Waals surface area contributed by atoms with Crippen molar-refractivity contribution < 1.29 is 14.3 Å². The van der Waals surface area contributed by atoms with E-state index in [0.29, 0.717) is 12.2 Å². The number of ketones is 1. The van der Waals surface area contributed by atoms with E-state index in [2.05, 4.69) is 6.92 Å². The van der Waals surface area contributed by atoms with Gasteiger partial charge in [0.25, 0.3) is 0 Å². The smallest absolute Gasteiger partial charge is 0.158 e. The fraction of sp³-hybridized carbons (Fsp3) is 0.824. The molecule has 0 radical (unpaired) electrons. The molecule has 0 aromatic heterocycles. The molecule has 1 aliphatic heterocycles. The Labute approximate surface area is 121 Å². The van der Waals surface area contributed by atoms with Crippen LogP contribution >= 0.6 is 0 Å². The van der Waals surface area contributed by atoms with Gasteiger partial charge in [0.2, 0.25) is 0 Å². The molecule has 1 saturated heterocycles. The van der Waals surface area contributed by atoms with E-state index in [9.17, 15) is 4.79 Å². The van der Waals surface area contributed by atoms with Gasteiger partial charge < -0.3 is 9.47 Å². The second-order valence-corrected chi connectivity index (χ2v) is 6.76. The molecule has 3 heteroatoms. The molecule has 0 aromatic rings. The normalized spacial score (nSPS) is 38.8. The Balaban J connectivity index is 1.79. The molecule has 3 atom stereocenters. The van der Waals surface area contributed by atoms with E-state index in [1.807, 2.05) is 6.92 Å². The molecule has 112 valence electrons. The Morgan fingerprint density at radius 3 is 2.80 bits per heavy atom. The summed E-state index contributed by atoms with van der Waals surface area (Å²) in [6, 6.07) is 0. The summed E-state index contributed by atoms with van der Waals surface area (Å²) in [6.45, 7) is 5.13. The van der Waals surface area contributed by atoms with Crippen LogP contribution in [0.25, 0.3) is 0 Å². The van der Waals surface area contributed by atoms with Crippen LogP contribution in [-0.4, -0.2) is 24.8 Å². The maximum Gasteiger partial charge on any atom is 0.158 e. The molecule has 0 spiro atoms. The van der Waals surface area contributed by atoms with E-state index >= 15 is 0 Å². The highest BCUT2D eigenvalue weighted by Crippen LogP contribution is 2.50. The SMILES string of the molecule is CC1=C2CCCC(OC3CCCCO3)[C@]2(C)CCC1=O. The van der Waals surface area contributed by atoms with Crippen molar-refractivity contribution in [3.8, 4) is 0 Å². The lowest BCUT2D eigenvalue weighted by Gasteiger charge is -2.47. The van der Waals surface area contributed by atoms with Crippen LogP contribution in [0.2, 0.25) is 0 Å². The molecule has 3 aliphatic rings. The number of carbonyl (C=O) groups is 1. The molecule has 0 N–H and O–H groups in total. The maximum absolute atomic E-state index is 12.0. The quantitative estimate of drug-likeness (QED) is 0.771. The minimum absolute atomic E-state index is 0.0251. The van der Waals surface area contributed by atoms with Gasteiger partial charge in [-0.3, -0.25) is 4.79 Å².